The van der Waals surface area contributed by atoms with E-state index >= 15 is 0 Å². The van der Waals surface area contributed by atoms with Gasteiger partial charge < -0.3 is 55.8 Å². The summed E-state index contributed by atoms with van der Waals surface area (Å²) < 4.78 is 5.44. The smallest absolute Gasteiger partial charge is 0.301 e. The van der Waals surface area contributed by atoms with E-state index < -0.39 is 78.4 Å². The Balaban J connectivity index is 0.000000314. The second kappa shape index (κ2) is 37.4. The monoisotopic (exact) mass is 1560 g/mol. The molecule has 516 valence electrons. The maximum absolute atomic E-state index is 11.4. The Hall–Kier alpha value is -13.0. The Morgan fingerprint density at radius 2 is 0.590 bits per heavy atom. The van der Waals surface area contributed by atoms with Gasteiger partial charge in [-0.05, 0) is 67.1 Å². The van der Waals surface area contributed by atoms with Crippen molar-refractivity contribution in [3.8, 4) is 0 Å². The second-order valence-corrected chi connectivity index (χ2v) is 20.3. The molecule has 100 heavy (non-hydrogen) atoms. The summed E-state index contributed by atoms with van der Waals surface area (Å²) in [5, 5.41) is 113. The number of pyridine rings is 3. The van der Waals surface area contributed by atoms with E-state index in [1.54, 1.807) is 17.0 Å². The number of nitrogens with one attached hydrogen (secondary N) is 3. The molecule has 9 aromatic rings. The van der Waals surface area contributed by atoms with Gasteiger partial charge in [0.25, 0.3) is 34.1 Å². The van der Waals surface area contributed by atoms with Crippen LogP contribution in [0, 0.1) is 98.0 Å². The van der Waals surface area contributed by atoms with Gasteiger partial charge in [-0.2, -0.15) is 29.0 Å². The van der Waals surface area contributed by atoms with Gasteiger partial charge in [0.05, 0.1) is 62.5 Å². The molecule has 6 aromatic carbocycles. The van der Waals surface area contributed by atoms with Crippen molar-refractivity contribution < 1.29 is 109 Å². The molecule has 0 spiro atoms. The maximum Gasteiger partial charge on any atom is 0.301 e. The number of non-ortho nitro benzene ring substituents is 6. The molecule has 3 N–H and O–H groups in total. The van der Waals surface area contributed by atoms with Crippen LogP contribution < -0.4 is 85.8 Å². The summed E-state index contributed by atoms with van der Waals surface area (Å²) in [4.78, 5) is 95.7. The van der Waals surface area contributed by atoms with Gasteiger partial charge in [-0.3, -0.25) is 107 Å². The molecule has 0 saturated heterocycles. The van der Waals surface area contributed by atoms with Crippen molar-refractivity contribution in [3.63, 3.8) is 0 Å². The molecule has 0 aliphatic rings. The zero-order chi connectivity index (χ0) is 70.5. The van der Waals surface area contributed by atoms with Crippen LogP contribution in [0.15, 0.2) is 222 Å². The highest BCUT2D eigenvalue weighted by Crippen LogP contribution is 2.32. The zero-order valence-corrected chi connectivity index (χ0v) is 56.6. The minimum atomic E-state index is -0.748. The van der Waals surface area contributed by atoms with Gasteiger partial charge in [0.1, 0.15) is 34.2 Å². The number of halogens is 3. The number of aromatic nitrogens is 3. The van der Waals surface area contributed by atoms with Crippen LogP contribution in [0.5, 0.6) is 0 Å². The average Bonchev–Trinajstić information content (AvgIpc) is 0.849. The lowest BCUT2D eigenvalue weighted by atomic mass is 10.1. The van der Waals surface area contributed by atoms with E-state index in [4.69, 9.17) is 0 Å². The van der Waals surface area contributed by atoms with Gasteiger partial charge in [0.2, 0.25) is 0 Å². The third kappa shape index (κ3) is 22.6. The number of aryl methyl sites for hydroxylation is 1. The molecule has 0 unspecified atom stereocenters. The molecule has 40 heteroatoms. The van der Waals surface area contributed by atoms with Crippen LogP contribution in [0.3, 0.4) is 0 Å². The van der Waals surface area contributed by atoms with E-state index in [0.717, 1.165) is 47.6 Å². The van der Waals surface area contributed by atoms with Gasteiger partial charge in [-0.15, -0.1) is 0 Å². The summed E-state index contributed by atoms with van der Waals surface area (Å²) in [6.45, 7) is 2.68. The highest BCUT2D eigenvalue weighted by molar-refractivity contribution is 6.01. The number of rotatable bonds is 25. The molecule has 0 atom stereocenters. The Bertz CT molecular complexity index is 4560. The van der Waals surface area contributed by atoms with Crippen LogP contribution >= 0.6 is 0 Å². The van der Waals surface area contributed by atoms with E-state index in [1.807, 2.05) is 102 Å². The number of hydrogen-bond acceptors (Lipinski definition) is 25. The molecule has 0 aliphatic carbocycles. The molecule has 0 fully saturated rings. The molecule has 0 radical (unpaired) electrons. The largest absolute Gasteiger partial charge is 1.00 e. The number of anilines is 4. The van der Waals surface area contributed by atoms with Crippen LogP contribution in [-0.2, 0) is 19.6 Å². The lowest BCUT2D eigenvalue weighted by molar-refractivity contribution is -0.682. The van der Waals surface area contributed by atoms with E-state index in [2.05, 4.69) is 31.6 Å². The Morgan fingerprint density at radius 3 is 0.840 bits per heavy atom. The van der Waals surface area contributed by atoms with Crippen molar-refractivity contribution >= 4 is 91.1 Å². The number of nitro groups is 9. The van der Waals surface area contributed by atoms with Gasteiger partial charge in [-0.1, -0.05) is 6.07 Å². The minimum Gasteiger partial charge on any atom is -1.00 e. The molecular weight excluding hydrogens is 1510 g/mol. The Labute approximate surface area is 594 Å². The predicted octanol–water partition coefficient (Wildman–Crippen LogP) is 1.03. The molecule has 9 rings (SSSR count). The third-order valence-electron chi connectivity index (χ3n) is 13.6. The fourth-order valence-corrected chi connectivity index (χ4v) is 8.47. The summed E-state index contributed by atoms with van der Waals surface area (Å²) in [5.41, 5.74) is 9.62. The van der Waals surface area contributed by atoms with Gasteiger partial charge >= 0.3 is 17.1 Å². The third-order valence-corrected chi connectivity index (χ3v) is 13.6. The molecule has 3 heterocycles. The van der Waals surface area contributed by atoms with Crippen LogP contribution in [-0.4, -0.2) is 75.5 Å². The summed E-state index contributed by atoms with van der Waals surface area (Å²) >= 11 is 0. The van der Waals surface area contributed by atoms with Crippen LogP contribution in [0.4, 0.5) is 73.9 Å². The number of hydrazone groups is 3. The highest BCUT2D eigenvalue weighted by Gasteiger charge is 2.25. The van der Waals surface area contributed by atoms with Crippen molar-refractivity contribution in [2.45, 2.75) is 26.6 Å². The van der Waals surface area contributed by atoms with Gasteiger partial charge in [0.15, 0.2) is 56.8 Å². The molecular formula is C60H52Br3N19O18. The topological polar surface area (TPSA) is 476 Å². The standard InChI is InChI=1S/C21H20N7O6.C20H17N6O6.C19H15N6O6.3BrH/c1-24(2)16-9-11-25(12-10-16)14-20(15-3-5-17(6-4-15)26(29)30)23-22-19-8-7-18(27(31)32)13-21(19)28(33)34;1-14-8-10-23(11-9-14)13-19(15-2-4-16(5-3-15)24(27)28)22-21-18-7-6-17(25(29)30)12-20(18)26(31)32;26-23(27)15-6-4-14(5-7-15)18(13-22-10-2-1-3-11-22)21-20-17-9-8-16(24(28)29)12-19(17)25(30)31;;;/h3-13,22H,14H2,1-2H3;2-12,21H,13H2,1H3;1-12,20H,13H2;3*1H/q3*+1;;;/p-3/b23-20+;22-19+;21-18-;;;. The van der Waals surface area contributed by atoms with Gasteiger partial charge in [0, 0.05) is 127 Å². The SMILES string of the molecule is CN(C)c1cc[n+](C/C(=N\Nc2ccc([N+](=O)[O-])cc2[N+](=O)[O-])c2ccc([N+](=O)[O-])cc2)cc1.Cc1cc[n+](C/C(=N\Nc2ccc([N+](=O)[O-])cc2[N+](=O)[O-])c2ccc([N+](=O)[O-])cc2)cc1.O=[N+]([O-])c1ccc(/C(C[n+]2ccccc2)=N\Nc2ccc([N+](=O)[O-])cc2[N+](=O)[O-])cc1.[Br-].[Br-].[Br-]. The van der Waals surface area contributed by atoms with Crippen molar-refractivity contribution in [2.24, 2.45) is 15.3 Å². The van der Waals surface area contributed by atoms with Crippen LogP contribution in [0.2, 0.25) is 0 Å². The number of hydrogen-bond donors (Lipinski definition) is 3. The van der Waals surface area contributed by atoms with Crippen molar-refractivity contribution in [1.82, 2.24) is 0 Å². The first-order chi connectivity index (χ1) is 46.2. The first-order valence-electron chi connectivity index (χ1n) is 27.8. The normalized spacial score (nSPS) is 10.7. The van der Waals surface area contributed by atoms with E-state index in [0.29, 0.717) is 33.8 Å². The van der Waals surface area contributed by atoms with Crippen LogP contribution in [0.25, 0.3) is 0 Å². The quantitative estimate of drug-likeness (QED) is 0.0311. The predicted molar refractivity (Wildman–Crippen MR) is 348 cm³/mol. The van der Waals surface area contributed by atoms with Gasteiger partial charge in [-0.25, -0.2) is 0 Å². The highest BCUT2D eigenvalue weighted by atomic mass is 79.9. The number of benzene rings is 6. The van der Waals surface area contributed by atoms with E-state index in [9.17, 15) is 91.0 Å². The van der Waals surface area contributed by atoms with Crippen molar-refractivity contribution in [1.29, 1.82) is 0 Å². The summed E-state index contributed by atoms with van der Waals surface area (Å²) in [5.74, 6) is 0. The molecule has 0 amide bonds. The summed E-state index contributed by atoms with van der Waals surface area (Å²) in [7, 11) is 3.81. The second-order valence-electron chi connectivity index (χ2n) is 20.3. The van der Waals surface area contributed by atoms with Crippen LogP contribution in [0.1, 0.15) is 22.3 Å². The Kier molecular flexibility index (Phi) is 29.7. The Morgan fingerprint density at radius 1 is 0.340 bits per heavy atom. The molecule has 0 bridgehead atoms. The summed E-state index contributed by atoms with van der Waals surface area (Å²) in [6, 6.07) is 39.7. The number of nitrogens with zero attached hydrogens (tertiary/aromatic N) is 16. The fraction of sp³-hybridized carbons (Fsp3) is 0.100. The minimum absolute atomic E-state index is 0. The zero-order valence-electron chi connectivity index (χ0n) is 51.9. The number of nitro benzene ring substituents is 9. The van der Waals surface area contributed by atoms with Crippen molar-refractivity contribution in [3.05, 3.63) is 320 Å². The molecule has 0 aliphatic heterocycles. The molecule has 3 aromatic heterocycles. The maximum atomic E-state index is 11.4. The molecule has 37 nitrogen and oxygen atoms in total. The fourth-order valence-electron chi connectivity index (χ4n) is 8.47. The lowest BCUT2D eigenvalue weighted by Gasteiger charge is -2.11. The average molecular weight is 1570 g/mol. The lowest BCUT2D eigenvalue weighted by Crippen LogP contribution is -3.00. The molecule has 0 saturated carbocycles. The van der Waals surface area contributed by atoms with E-state index in [1.165, 1.54) is 91.0 Å². The first kappa shape index (κ1) is 79.5. The summed E-state index contributed by atoms with van der Waals surface area (Å²) in [6.07, 6.45) is 10.9. The van der Waals surface area contributed by atoms with Crippen molar-refractivity contribution in [2.75, 3.05) is 35.3 Å². The first-order valence-corrected chi connectivity index (χ1v) is 27.8. The van der Waals surface area contributed by atoms with E-state index in [-0.39, 0.29) is 105 Å².